The molecule has 0 fully saturated rings. The maximum Gasteiger partial charge on any atom is 0.408 e. The minimum absolute atomic E-state index is 0.122. The van der Waals surface area contributed by atoms with Gasteiger partial charge in [0.25, 0.3) is 0 Å². The smallest absolute Gasteiger partial charge is 0.408 e. The highest BCUT2D eigenvalue weighted by molar-refractivity contribution is 5.87. The number of rotatable bonds is 11. The average molecular weight is 411 g/mol. The number of ether oxygens (including phenoxy) is 1. The number of alkyl carbamates (subject to hydrolysis) is 1. The molecule has 0 saturated heterocycles. The van der Waals surface area contributed by atoms with E-state index in [2.05, 4.69) is 10.6 Å². The van der Waals surface area contributed by atoms with Gasteiger partial charge in [0.05, 0.1) is 6.04 Å². The Morgan fingerprint density at radius 3 is 2.10 bits per heavy atom. The Morgan fingerprint density at radius 1 is 0.933 bits per heavy atom. The van der Waals surface area contributed by atoms with Crippen LogP contribution in [0, 0.1) is 5.92 Å². The third kappa shape index (κ3) is 8.47. The molecule has 0 aliphatic carbocycles. The number of aldehydes is 1. The van der Waals surface area contributed by atoms with Gasteiger partial charge >= 0.3 is 6.09 Å². The Labute approximate surface area is 178 Å². The summed E-state index contributed by atoms with van der Waals surface area (Å²) in [7, 11) is 0. The van der Waals surface area contributed by atoms with Crippen LogP contribution in [0.25, 0.3) is 0 Å². The first-order chi connectivity index (χ1) is 14.5. The van der Waals surface area contributed by atoms with Crippen molar-refractivity contribution in [3.05, 3.63) is 71.8 Å². The Bertz CT molecular complexity index is 793. The zero-order chi connectivity index (χ0) is 21.8. The molecule has 2 atom stereocenters. The molecule has 6 heteroatoms. The molecule has 2 rings (SSSR count). The molecule has 0 bridgehead atoms. The van der Waals surface area contributed by atoms with Crippen LogP contribution in [0.2, 0.25) is 0 Å². The summed E-state index contributed by atoms with van der Waals surface area (Å²) in [4.78, 5) is 36.4. The van der Waals surface area contributed by atoms with Gasteiger partial charge in [-0.3, -0.25) is 4.79 Å². The van der Waals surface area contributed by atoms with Crippen LogP contribution < -0.4 is 10.6 Å². The fraction of sp³-hybridized carbons (Fsp3) is 0.375. The van der Waals surface area contributed by atoms with E-state index in [4.69, 9.17) is 4.74 Å². The quantitative estimate of drug-likeness (QED) is 0.554. The molecule has 0 spiro atoms. The molecule has 1 unspecified atom stereocenters. The van der Waals surface area contributed by atoms with Crippen LogP contribution in [-0.4, -0.2) is 30.4 Å². The minimum Gasteiger partial charge on any atom is -0.445 e. The second-order valence-corrected chi connectivity index (χ2v) is 7.66. The Morgan fingerprint density at radius 2 is 1.53 bits per heavy atom. The fourth-order valence-electron chi connectivity index (χ4n) is 3.03. The zero-order valence-electron chi connectivity index (χ0n) is 17.5. The molecule has 0 aliphatic heterocycles. The van der Waals surface area contributed by atoms with E-state index in [0.717, 1.165) is 17.4 Å². The van der Waals surface area contributed by atoms with Crippen molar-refractivity contribution in [2.75, 3.05) is 0 Å². The first kappa shape index (κ1) is 23.1. The van der Waals surface area contributed by atoms with Gasteiger partial charge in [-0.15, -0.1) is 0 Å². The van der Waals surface area contributed by atoms with Gasteiger partial charge in [0.1, 0.15) is 18.9 Å². The van der Waals surface area contributed by atoms with Crippen LogP contribution in [0.5, 0.6) is 0 Å². The SMILES string of the molecule is CC(C)CC(NC(=O)OCc1ccccc1)C(=O)N[C@H](C=O)CCc1ccccc1. The normalized spacial score (nSPS) is 12.6. The third-order valence-electron chi connectivity index (χ3n) is 4.61. The minimum atomic E-state index is -0.771. The molecule has 0 saturated carbocycles. The van der Waals surface area contributed by atoms with Crippen molar-refractivity contribution in [3.8, 4) is 0 Å². The van der Waals surface area contributed by atoms with Crippen molar-refractivity contribution in [2.24, 2.45) is 5.92 Å². The molecule has 160 valence electrons. The third-order valence-corrected chi connectivity index (χ3v) is 4.61. The van der Waals surface area contributed by atoms with E-state index >= 15 is 0 Å². The molecule has 0 heterocycles. The molecule has 6 nitrogen and oxygen atoms in total. The highest BCUT2D eigenvalue weighted by Gasteiger charge is 2.24. The molecular formula is C24H30N2O4. The summed E-state index contributed by atoms with van der Waals surface area (Å²) in [6.45, 7) is 4.05. The summed E-state index contributed by atoms with van der Waals surface area (Å²) >= 11 is 0. The number of hydrogen-bond donors (Lipinski definition) is 2. The molecule has 2 N–H and O–H groups in total. The first-order valence-electron chi connectivity index (χ1n) is 10.2. The lowest BCUT2D eigenvalue weighted by atomic mass is 10.0. The van der Waals surface area contributed by atoms with Crippen molar-refractivity contribution < 1.29 is 19.1 Å². The first-order valence-corrected chi connectivity index (χ1v) is 10.2. The van der Waals surface area contributed by atoms with Gasteiger partial charge in [-0.2, -0.15) is 0 Å². The van der Waals surface area contributed by atoms with Gasteiger partial charge in [0.2, 0.25) is 5.91 Å². The number of nitrogens with one attached hydrogen (secondary N) is 2. The van der Waals surface area contributed by atoms with Crippen molar-refractivity contribution in [1.29, 1.82) is 0 Å². The molecule has 0 aromatic heterocycles. The predicted molar refractivity (Wildman–Crippen MR) is 116 cm³/mol. The number of benzene rings is 2. The number of carbonyl (C=O) groups excluding carboxylic acids is 3. The largest absolute Gasteiger partial charge is 0.445 e. The van der Waals surface area contributed by atoms with Crippen LogP contribution in [0.3, 0.4) is 0 Å². The summed E-state index contributed by atoms with van der Waals surface area (Å²) in [5, 5.41) is 5.38. The summed E-state index contributed by atoms with van der Waals surface area (Å²) in [5.74, 6) is -0.209. The summed E-state index contributed by atoms with van der Waals surface area (Å²) in [6, 6.07) is 17.7. The van der Waals surface area contributed by atoms with Crippen LogP contribution in [0.1, 0.15) is 37.8 Å². The maximum atomic E-state index is 12.7. The molecule has 2 aromatic rings. The second-order valence-electron chi connectivity index (χ2n) is 7.66. The standard InChI is InChI=1S/C24H30N2O4/c1-18(2)15-22(26-24(29)30-17-20-11-7-4-8-12-20)23(28)25-21(16-27)14-13-19-9-5-3-6-10-19/h3-12,16,18,21-22H,13-15,17H2,1-2H3,(H,25,28)(H,26,29)/t21-,22?/m0/s1. The number of hydrogen-bond acceptors (Lipinski definition) is 4. The number of aryl methyl sites for hydroxylation is 1. The predicted octanol–water partition coefficient (Wildman–Crippen LogP) is 3.64. The Hall–Kier alpha value is -3.15. The van der Waals surface area contributed by atoms with Gasteiger partial charge in [-0.25, -0.2) is 4.79 Å². The molecule has 0 aliphatic rings. The van der Waals surface area contributed by atoms with Crippen LogP contribution >= 0.6 is 0 Å². The van der Waals surface area contributed by atoms with Crippen molar-refractivity contribution in [2.45, 2.75) is 51.8 Å². The van der Waals surface area contributed by atoms with Gasteiger partial charge in [-0.05, 0) is 36.3 Å². The molecule has 30 heavy (non-hydrogen) atoms. The Kier molecular flexibility index (Phi) is 9.58. The van der Waals surface area contributed by atoms with Crippen LogP contribution in [0.15, 0.2) is 60.7 Å². The summed E-state index contributed by atoms with van der Waals surface area (Å²) < 4.78 is 5.23. The van der Waals surface area contributed by atoms with Gasteiger partial charge in [-0.1, -0.05) is 74.5 Å². The summed E-state index contributed by atoms with van der Waals surface area (Å²) in [6.07, 6.45) is 1.68. The Balaban J connectivity index is 1.89. The molecule has 0 radical (unpaired) electrons. The highest BCUT2D eigenvalue weighted by Crippen LogP contribution is 2.08. The van der Waals surface area contributed by atoms with Crippen molar-refractivity contribution in [3.63, 3.8) is 0 Å². The zero-order valence-corrected chi connectivity index (χ0v) is 17.5. The summed E-state index contributed by atoms with van der Waals surface area (Å²) in [5.41, 5.74) is 1.96. The van der Waals surface area contributed by atoms with E-state index in [1.54, 1.807) is 0 Å². The van der Waals surface area contributed by atoms with E-state index < -0.39 is 18.2 Å². The maximum absolute atomic E-state index is 12.7. The van der Waals surface area contributed by atoms with E-state index in [-0.39, 0.29) is 18.4 Å². The molecular weight excluding hydrogens is 380 g/mol. The lowest BCUT2D eigenvalue weighted by molar-refractivity contribution is -0.126. The van der Waals surface area contributed by atoms with Gasteiger partial charge in [0, 0.05) is 0 Å². The average Bonchev–Trinajstić information content (AvgIpc) is 2.75. The molecule has 2 aromatic carbocycles. The van der Waals surface area contributed by atoms with Crippen LogP contribution in [-0.2, 0) is 27.4 Å². The topological polar surface area (TPSA) is 84.5 Å². The van der Waals surface area contributed by atoms with E-state index in [9.17, 15) is 14.4 Å². The lowest BCUT2D eigenvalue weighted by Crippen LogP contribution is -2.50. The molecule has 2 amide bonds. The van der Waals surface area contributed by atoms with Crippen LogP contribution in [0.4, 0.5) is 4.79 Å². The lowest BCUT2D eigenvalue weighted by Gasteiger charge is -2.22. The van der Waals surface area contributed by atoms with E-state index in [0.29, 0.717) is 19.3 Å². The van der Waals surface area contributed by atoms with Gasteiger partial charge in [0.15, 0.2) is 0 Å². The van der Waals surface area contributed by atoms with E-state index in [1.165, 1.54) is 0 Å². The highest BCUT2D eigenvalue weighted by atomic mass is 16.5. The fourth-order valence-corrected chi connectivity index (χ4v) is 3.03. The number of amides is 2. The number of carbonyl (C=O) groups is 3. The van der Waals surface area contributed by atoms with Crippen molar-refractivity contribution in [1.82, 2.24) is 10.6 Å². The van der Waals surface area contributed by atoms with Gasteiger partial charge < -0.3 is 20.2 Å². The van der Waals surface area contributed by atoms with Crippen molar-refractivity contribution >= 4 is 18.3 Å². The van der Waals surface area contributed by atoms with E-state index in [1.807, 2.05) is 74.5 Å². The second kappa shape index (κ2) is 12.4. The monoisotopic (exact) mass is 410 g/mol.